The molecule has 0 nitrogen and oxygen atoms in total. The van der Waals surface area contributed by atoms with Crippen LogP contribution in [-0.2, 0) is 12.8 Å². The summed E-state index contributed by atoms with van der Waals surface area (Å²) in [4.78, 5) is 0. The van der Waals surface area contributed by atoms with Gasteiger partial charge in [-0.25, -0.2) is 0 Å². The second-order valence-electron chi connectivity index (χ2n) is 9.76. The Hall–Kier alpha value is -1.86. The molecule has 0 saturated heterocycles. The number of hydrogen-bond donors (Lipinski definition) is 0. The van der Waals surface area contributed by atoms with E-state index in [9.17, 15) is 0 Å². The Kier molecular flexibility index (Phi) is 4.28. The van der Waals surface area contributed by atoms with Crippen molar-refractivity contribution >= 4 is 19.7 Å². The molecule has 3 atom stereocenters. The number of fused-ring (bicyclic) bond motifs is 3. The van der Waals surface area contributed by atoms with E-state index in [1.807, 2.05) is 0 Å². The maximum Gasteiger partial charge on any atom is 0.0715 e. The third-order valence-corrected chi connectivity index (χ3v) is 12.0. The van der Waals surface area contributed by atoms with Crippen LogP contribution in [0.5, 0.6) is 0 Å². The molecule has 1 heteroatoms. The van der Waals surface area contributed by atoms with Crippen LogP contribution in [0.4, 0.5) is 0 Å². The van der Waals surface area contributed by atoms with Crippen LogP contribution in [0, 0.1) is 5.92 Å². The van der Waals surface area contributed by atoms with Gasteiger partial charge in [-0.2, -0.15) is 0 Å². The Morgan fingerprint density at radius 3 is 2.54 bits per heavy atom. The van der Waals surface area contributed by atoms with E-state index in [2.05, 4.69) is 81.6 Å². The summed E-state index contributed by atoms with van der Waals surface area (Å²) >= 11 is 0. The van der Waals surface area contributed by atoms with Crippen LogP contribution in [0.1, 0.15) is 71.2 Å². The van der Waals surface area contributed by atoms with Gasteiger partial charge >= 0.3 is 0 Å². The average molecular weight is 385 g/mol. The van der Waals surface area contributed by atoms with Crippen LogP contribution in [-0.4, -0.2) is 8.07 Å². The molecule has 3 aliphatic carbocycles. The fourth-order valence-corrected chi connectivity index (χ4v) is 9.56. The van der Waals surface area contributed by atoms with E-state index in [0.717, 1.165) is 0 Å². The number of rotatable bonds is 4. The molecule has 2 aromatic rings. The van der Waals surface area contributed by atoms with Crippen molar-refractivity contribution in [3.8, 4) is 0 Å². The molecule has 3 unspecified atom stereocenters. The minimum absolute atomic E-state index is 0.613. The van der Waals surface area contributed by atoms with Gasteiger partial charge in [-0.3, -0.25) is 0 Å². The number of hydrogen-bond acceptors (Lipinski definition) is 0. The lowest BCUT2D eigenvalue weighted by molar-refractivity contribution is 0.718. The van der Waals surface area contributed by atoms with Crippen molar-refractivity contribution in [2.45, 2.75) is 63.7 Å². The first-order valence-electron chi connectivity index (χ1n) is 11.2. The van der Waals surface area contributed by atoms with E-state index >= 15 is 0 Å². The zero-order valence-corrected chi connectivity index (χ0v) is 18.8. The second-order valence-corrected chi connectivity index (χ2v) is 14.6. The Bertz CT molecular complexity index is 991. The lowest BCUT2D eigenvalue weighted by atomic mass is 9.91. The minimum atomic E-state index is -1.64. The van der Waals surface area contributed by atoms with E-state index in [1.165, 1.54) is 31.2 Å². The summed E-state index contributed by atoms with van der Waals surface area (Å²) in [6, 6.07) is 14.2. The van der Waals surface area contributed by atoms with Crippen molar-refractivity contribution in [3.05, 3.63) is 81.9 Å². The van der Waals surface area contributed by atoms with Crippen molar-refractivity contribution in [1.29, 1.82) is 0 Å². The zero-order chi connectivity index (χ0) is 19.5. The second kappa shape index (κ2) is 6.59. The first-order chi connectivity index (χ1) is 13.5. The molecule has 0 aromatic heterocycles. The van der Waals surface area contributed by atoms with Gasteiger partial charge in [0.25, 0.3) is 0 Å². The van der Waals surface area contributed by atoms with Crippen LogP contribution < -0.4 is 0 Å². The van der Waals surface area contributed by atoms with Gasteiger partial charge in [0.1, 0.15) is 0 Å². The molecule has 0 spiro atoms. The smallest absolute Gasteiger partial charge is 0.0715 e. The van der Waals surface area contributed by atoms with Gasteiger partial charge in [0.15, 0.2) is 0 Å². The summed E-state index contributed by atoms with van der Waals surface area (Å²) in [6.45, 7) is 10.0. The van der Waals surface area contributed by atoms with E-state index in [4.69, 9.17) is 0 Å². The molecule has 5 rings (SSSR count). The summed E-state index contributed by atoms with van der Waals surface area (Å²) in [5, 5.41) is 0. The van der Waals surface area contributed by atoms with Gasteiger partial charge in [-0.1, -0.05) is 81.6 Å². The number of benzene rings is 2. The Balaban J connectivity index is 1.62. The number of allylic oxidation sites excluding steroid dienone is 3. The highest BCUT2D eigenvalue weighted by atomic mass is 28.3. The highest BCUT2D eigenvalue weighted by molar-refractivity contribution is 6.81. The molecule has 0 heterocycles. The molecule has 144 valence electrons. The molecule has 3 aliphatic rings. The van der Waals surface area contributed by atoms with Crippen molar-refractivity contribution in [3.63, 3.8) is 0 Å². The standard InChI is InChI=1S/C27H32Si/c1-5-18(2)23-17-27(25-16-21-11-8-10-20(21)15-24(23)25)28(3,4)26-14-13-19-9-6-7-12-22(19)26/h6-7,9,12-18,26-27H,5,8,10-11H2,1-4H3. The van der Waals surface area contributed by atoms with Crippen LogP contribution in [0.2, 0.25) is 13.1 Å². The predicted molar refractivity (Wildman–Crippen MR) is 124 cm³/mol. The lowest BCUT2D eigenvalue weighted by Crippen LogP contribution is -2.40. The summed E-state index contributed by atoms with van der Waals surface area (Å²) in [7, 11) is -1.64. The van der Waals surface area contributed by atoms with Crippen molar-refractivity contribution < 1.29 is 0 Å². The van der Waals surface area contributed by atoms with E-state index in [1.54, 1.807) is 33.4 Å². The zero-order valence-electron chi connectivity index (χ0n) is 17.8. The summed E-state index contributed by atoms with van der Waals surface area (Å²) in [6.07, 6.45) is 12.7. The first-order valence-corrected chi connectivity index (χ1v) is 14.3. The first kappa shape index (κ1) is 18.2. The van der Waals surface area contributed by atoms with Crippen LogP contribution in [0.3, 0.4) is 0 Å². The monoisotopic (exact) mass is 384 g/mol. The molecule has 0 amide bonds. The summed E-state index contributed by atoms with van der Waals surface area (Å²) in [5.74, 6) is 0.652. The normalized spacial score (nSPS) is 23.4. The lowest BCUT2D eigenvalue weighted by Gasteiger charge is -2.35. The Labute approximate surface area is 171 Å². The Morgan fingerprint density at radius 2 is 1.75 bits per heavy atom. The fraction of sp³-hybridized carbons (Fsp3) is 0.407. The predicted octanol–water partition coefficient (Wildman–Crippen LogP) is 7.30. The van der Waals surface area contributed by atoms with Gasteiger partial charge in [0.05, 0.1) is 8.07 Å². The van der Waals surface area contributed by atoms with Crippen molar-refractivity contribution in [2.24, 2.45) is 5.92 Å². The molecular formula is C27H32Si. The maximum atomic E-state index is 2.70. The van der Waals surface area contributed by atoms with Gasteiger partial charge in [-0.15, -0.1) is 0 Å². The molecule has 0 radical (unpaired) electrons. The maximum absolute atomic E-state index is 2.70. The van der Waals surface area contributed by atoms with Crippen LogP contribution >= 0.6 is 0 Å². The summed E-state index contributed by atoms with van der Waals surface area (Å²) in [5.41, 5.74) is 12.4. The largest absolute Gasteiger partial charge is 0.0791 e. The molecule has 0 saturated carbocycles. The molecule has 0 N–H and O–H groups in total. The molecule has 0 fully saturated rings. The number of aryl methyl sites for hydroxylation is 2. The van der Waals surface area contributed by atoms with Crippen molar-refractivity contribution in [1.82, 2.24) is 0 Å². The highest BCUT2D eigenvalue weighted by Crippen LogP contribution is 2.51. The summed E-state index contributed by atoms with van der Waals surface area (Å²) < 4.78 is 0. The van der Waals surface area contributed by atoms with Gasteiger partial charge in [-0.05, 0) is 81.6 Å². The third-order valence-electron chi connectivity index (χ3n) is 7.80. The van der Waals surface area contributed by atoms with Crippen molar-refractivity contribution in [2.75, 3.05) is 0 Å². The molecule has 0 bridgehead atoms. The van der Waals surface area contributed by atoms with E-state index in [0.29, 0.717) is 17.0 Å². The van der Waals surface area contributed by atoms with Gasteiger partial charge in [0, 0.05) is 0 Å². The fourth-order valence-electron chi connectivity index (χ4n) is 5.87. The van der Waals surface area contributed by atoms with E-state index in [-0.39, 0.29) is 0 Å². The molecule has 0 aliphatic heterocycles. The van der Waals surface area contributed by atoms with Crippen LogP contribution in [0.25, 0.3) is 11.6 Å². The molecule has 28 heavy (non-hydrogen) atoms. The van der Waals surface area contributed by atoms with E-state index < -0.39 is 8.07 Å². The molecule has 2 aromatic carbocycles. The van der Waals surface area contributed by atoms with Crippen LogP contribution in [0.15, 0.2) is 48.6 Å². The highest BCUT2D eigenvalue weighted by Gasteiger charge is 2.44. The third kappa shape index (κ3) is 2.63. The quantitative estimate of drug-likeness (QED) is 0.485. The Morgan fingerprint density at radius 1 is 1.00 bits per heavy atom. The average Bonchev–Trinajstić information content (AvgIpc) is 3.41. The van der Waals surface area contributed by atoms with Gasteiger partial charge < -0.3 is 0 Å². The SMILES string of the molecule is CCC(C)C1=CC([Si](C)(C)C2C=Cc3ccccc32)c2cc3c(cc21)CCC3. The van der Waals surface area contributed by atoms with Gasteiger partial charge in [0.2, 0.25) is 0 Å². The minimum Gasteiger partial charge on any atom is -0.0791 e. The topological polar surface area (TPSA) is 0 Å². The molecular weight excluding hydrogens is 352 g/mol.